The van der Waals surface area contributed by atoms with Crippen molar-refractivity contribution in [2.75, 3.05) is 25.1 Å². The molecular weight excluding hydrogens is 366 g/mol. The van der Waals surface area contributed by atoms with Gasteiger partial charge in [0.15, 0.2) is 11.5 Å². The van der Waals surface area contributed by atoms with Crippen molar-refractivity contribution >= 4 is 29.4 Å². The zero-order valence-corrected chi connectivity index (χ0v) is 16.3. The summed E-state index contributed by atoms with van der Waals surface area (Å²) in [5, 5.41) is 7.42. The van der Waals surface area contributed by atoms with E-state index in [0.29, 0.717) is 35.3 Å². The quantitative estimate of drug-likeness (QED) is 0.474. The monoisotopic (exact) mass is 389 g/mol. The fourth-order valence-corrected chi connectivity index (χ4v) is 2.50. The number of hydrazone groups is 1. The molecule has 0 bridgehead atoms. The van der Waals surface area contributed by atoms with Gasteiger partial charge < -0.3 is 14.8 Å². The van der Waals surface area contributed by atoms with Crippen LogP contribution >= 0.6 is 11.6 Å². The molecule has 0 aliphatic heterocycles. The van der Waals surface area contributed by atoms with Gasteiger partial charge in [-0.1, -0.05) is 36.7 Å². The lowest BCUT2D eigenvalue weighted by Crippen LogP contribution is -2.25. The van der Waals surface area contributed by atoms with Crippen molar-refractivity contribution in [3.63, 3.8) is 0 Å². The first-order valence-electron chi connectivity index (χ1n) is 8.84. The highest BCUT2D eigenvalue weighted by Gasteiger charge is 2.12. The van der Waals surface area contributed by atoms with E-state index in [1.807, 2.05) is 44.2 Å². The first-order valence-corrected chi connectivity index (χ1v) is 9.21. The minimum atomic E-state index is -0.255. The molecule has 0 spiro atoms. The van der Waals surface area contributed by atoms with Gasteiger partial charge in [0.1, 0.15) is 0 Å². The maximum Gasteiger partial charge on any atom is 0.259 e. The number of halogens is 1. The third kappa shape index (κ3) is 6.83. The van der Waals surface area contributed by atoms with Crippen LogP contribution in [0.5, 0.6) is 11.5 Å². The maximum absolute atomic E-state index is 11.9. The van der Waals surface area contributed by atoms with Crippen LogP contribution < -0.4 is 20.2 Å². The van der Waals surface area contributed by atoms with Gasteiger partial charge in [0.25, 0.3) is 5.91 Å². The fraction of sp³-hybridized carbons (Fsp3) is 0.300. The van der Waals surface area contributed by atoms with E-state index in [4.69, 9.17) is 21.1 Å². The molecule has 6 nitrogen and oxygen atoms in total. The third-order valence-electron chi connectivity index (χ3n) is 3.41. The van der Waals surface area contributed by atoms with Crippen LogP contribution in [0.4, 0.5) is 5.69 Å². The van der Waals surface area contributed by atoms with Gasteiger partial charge >= 0.3 is 0 Å². The molecule has 0 unspecified atom stereocenters. The van der Waals surface area contributed by atoms with E-state index in [0.717, 1.165) is 12.1 Å². The number of carbonyl (C=O) groups is 1. The zero-order chi connectivity index (χ0) is 19.5. The highest BCUT2D eigenvalue weighted by atomic mass is 35.5. The standard InChI is InChI=1S/C20H24ClN3O3/c1-3-10-27-20-17(21)11-15(12-18(20)26-4-2)13-23-24-19(25)14-22-16-8-6-5-7-9-16/h5-9,11-13,22H,3-4,10,14H2,1-2H3,(H,24,25)/b23-13-. The Hall–Kier alpha value is -2.73. The van der Waals surface area contributed by atoms with Crippen LogP contribution in [0, 0.1) is 0 Å². The molecule has 1 amide bonds. The number of carbonyl (C=O) groups excluding carboxylic acids is 1. The average Bonchev–Trinajstić information content (AvgIpc) is 2.67. The van der Waals surface area contributed by atoms with Crippen molar-refractivity contribution in [1.82, 2.24) is 5.43 Å². The second kappa shape index (κ2) is 11.1. The Morgan fingerprint density at radius 1 is 1.19 bits per heavy atom. The van der Waals surface area contributed by atoms with E-state index in [2.05, 4.69) is 15.8 Å². The number of hydrogen-bond donors (Lipinski definition) is 2. The molecular formula is C20H24ClN3O3. The molecule has 0 aliphatic rings. The molecule has 2 aromatic rings. The SMILES string of the molecule is CCCOc1c(Cl)cc(/C=N\NC(=O)CNc2ccccc2)cc1OCC. The van der Waals surface area contributed by atoms with Gasteiger partial charge in [-0.15, -0.1) is 0 Å². The van der Waals surface area contributed by atoms with Gasteiger partial charge in [0.05, 0.1) is 31.0 Å². The van der Waals surface area contributed by atoms with Crippen LogP contribution in [-0.4, -0.2) is 31.9 Å². The Kier molecular flexibility index (Phi) is 8.45. The molecule has 0 aliphatic carbocycles. The van der Waals surface area contributed by atoms with Gasteiger partial charge in [-0.25, -0.2) is 5.43 Å². The topological polar surface area (TPSA) is 72.0 Å². The molecule has 7 heteroatoms. The fourth-order valence-electron chi connectivity index (χ4n) is 2.23. The lowest BCUT2D eigenvalue weighted by molar-refractivity contribution is -0.119. The van der Waals surface area contributed by atoms with Crippen molar-refractivity contribution in [3.8, 4) is 11.5 Å². The lowest BCUT2D eigenvalue weighted by atomic mass is 10.2. The summed E-state index contributed by atoms with van der Waals surface area (Å²) in [6.07, 6.45) is 2.38. The van der Waals surface area contributed by atoms with Crippen molar-refractivity contribution in [2.24, 2.45) is 5.10 Å². The first kappa shape index (κ1) is 20.6. The number of benzene rings is 2. The van der Waals surface area contributed by atoms with Gasteiger partial charge in [-0.3, -0.25) is 4.79 Å². The summed E-state index contributed by atoms with van der Waals surface area (Å²) in [6, 6.07) is 13.0. The second-order valence-electron chi connectivity index (χ2n) is 5.62. The number of hydrogen-bond acceptors (Lipinski definition) is 5. The van der Waals surface area contributed by atoms with Gasteiger partial charge in [-0.05, 0) is 43.2 Å². The average molecular weight is 390 g/mol. The number of anilines is 1. The summed E-state index contributed by atoms with van der Waals surface area (Å²) in [7, 11) is 0. The summed E-state index contributed by atoms with van der Waals surface area (Å²) in [5.41, 5.74) is 4.04. The largest absolute Gasteiger partial charge is 0.490 e. The number of nitrogens with zero attached hydrogens (tertiary/aromatic N) is 1. The van der Waals surface area contributed by atoms with E-state index in [1.165, 1.54) is 6.21 Å². The molecule has 27 heavy (non-hydrogen) atoms. The lowest BCUT2D eigenvalue weighted by Gasteiger charge is -2.13. The zero-order valence-electron chi connectivity index (χ0n) is 15.5. The summed E-state index contributed by atoms with van der Waals surface area (Å²) in [4.78, 5) is 11.9. The molecule has 0 saturated carbocycles. The van der Waals surface area contributed by atoms with Crippen molar-refractivity contribution in [3.05, 3.63) is 53.1 Å². The summed E-state index contributed by atoms with van der Waals surface area (Å²) >= 11 is 6.30. The van der Waals surface area contributed by atoms with Crippen LogP contribution in [0.3, 0.4) is 0 Å². The summed E-state index contributed by atoms with van der Waals surface area (Å²) in [6.45, 7) is 5.07. The maximum atomic E-state index is 11.9. The van der Waals surface area contributed by atoms with Crippen molar-refractivity contribution < 1.29 is 14.3 Å². The molecule has 0 saturated heterocycles. The van der Waals surface area contributed by atoms with Gasteiger partial charge in [0.2, 0.25) is 0 Å². The first-order chi connectivity index (χ1) is 13.1. The number of para-hydroxylation sites is 1. The Labute approximate surface area is 164 Å². The molecule has 0 radical (unpaired) electrons. The number of rotatable bonds is 10. The van der Waals surface area contributed by atoms with Gasteiger partial charge in [-0.2, -0.15) is 5.10 Å². The van der Waals surface area contributed by atoms with E-state index in [1.54, 1.807) is 12.1 Å². The number of nitrogens with one attached hydrogen (secondary N) is 2. The molecule has 0 atom stereocenters. The molecule has 0 aromatic heterocycles. The Morgan fingerprint density at radius 3 is 2.67 bits per heavy atom. The Morgan fingerprint density at radius 2 is 1.96 bits per heavy atom. The molecule has 0 fully saturated rings. The molecule has 0 heterocycles. The van der Waals surface area contributed by atoms with Gasteiger partial charge in [0, 0.05) is 5.69 Å². The molecule has 2 N–H and O–H groups in total. The van der Waals surface area contributed by atoms with Crippen molar-refractivity contribution in [2.45, 2.75) is 20.3 Å². The Balaban J connectivity index is 1.95. The minimum absolute atomic E-state index is 0.121. The molecule has 144 valence electrons. The second-order valence-corrected chi connectivity index (χ2v) is 6.03. The summed E-state index contributed by atoms with van der Waals surface area (Å²) < 4.78 is 11.3. The van der Waals surface area contributed by atoms with E-state index in [9.17, 15) is 4.79 Å². The number of ether oxygens (including phenoxy) is 2. The van der Waals surface area contributed by atoms with Crippen LogP contribution in [0.1, 0.15) is 25.8 Å². The van der Waals surface area contributed by atoms with Crippen molar-refractivity contribution in [1.29, 1.82) is 0 Å². The van der Waals surface area contributed by atoms with Crippen LogP contribution in [0.25, 0.3) is 0 Å². The minimum Gasteiger partial charge on any atom is -0.490 e. The third-order valence-corrected chi connectivity index (χ3v) is 3.69. The van der Waals surface area contributed by atoms with Crippen LogP contribution in [0.2, 0.25) is 5.02 Å². The normalized spacial score (nSPS) is 10.6. The predicted octanol–water partition coefficient (Wildman–Crippen LogP) is 4.09. The highest BCUT2D eigenvalue weighted by molar-refractivity contribution is 6.32. The smallest absolute Gasteiger partial charge is 0.259 e. The van der Waals surface area contributed by atoms with E-state index >= 15 is 0 Å². The van der Waals surface area contributed by atoms with Crippen LogP contribution in [0.15, 0.2) is 47.6 Å². The molecule has 2 rings (SSSR count). The van der Waals surface area contributed by atoms with E-state index < -0.39 is 0 Å². The van der Waals surface area contributed by atoms with Crippen LogP contribution in [-0.2, 0) is 4.79 Å². The highest BCUT2D eigenvalue weighted by Crippen LogP contribution is 2.36. The number of amides is 1. The molecule has 2 aromatic carbocycles. The Bertz CT molecular complexity index is 767. The van der Waals surface area contributed by atoms with E-state index in [-0.39, 0.29) is 12.5 Å². The summed E-state index contributed by atoms with van der Waals surface area (Å²) in [5.74, 6) is 0.819. The predicted molar refractivity (Wildman–Crippen MR) is 109 cm³/mol.